The van der Waals surface area contributed by atoms with Crippen LogP contribution in [0.2, 0.25) is 0 Å². The first kappa shape index (κ1) is 25.1. The van der Waals surface area contributed by atoms with E-state index in [1.807, 2.05) is 11.3 Å². The minimum absolute atomic E-state index is 1.08. The zero-order valence-electron chi connectivity index (χ0n) is 23.3. The Bertz CT molecular complexity index is 2400. The molecular weight excluding hydrogens is 606 g/mol. The van der Waals surface area contributed by atoms with Crippen molar-refractivity contribution in [2.24, 2.45) is 0 Å². The fourth-order valence-corrected chi connectivity index (χ4v) is 9.02. The number of benzene rings is 6. The molecule has 0 fully saturated rings. The van der Waals surface area contributed by atoms with Crippen LogP contribution in [0, 0.1) is 0 Å². The normalized spacial score (nSPS) is 13.0. The third kappa shape index (κ3) is 3.89. The summed E-state index contributed by atoms with van der Waals surface area (Å²) in [5, 5.41) is 6.49. The van der Waals surface area contributed by atoms with Crippen LogP contribution in [0.1, 0.15) is 16.9 Å². The number of nitrogens with zero attached hydrogens (tertiary/aromatic N) is 1. The number of fused-ring (bicyclic) bond motifs is 8. The molecule has 1 aliphatic carbocycles. The summed E-state index contributed by atoms with van der Waals surface area (Å²) in [4.78, 5) is 1.40. The summed E-state index contributed by atoms with van der Waals surface area (Å²) in [5.41, 5.74) is 10.1. The molecule has 0 N–H and O–H groups in total. The van der Waals surface area contributed by atoms with Crippen LogP contribution in [0.25, 0.3) is 76.7 Å². The first-order chi connectivity index (χ1) is 21.2. The highest BCUT2D eigenvalue weighted by atomic mass is 79.9. The lowest BCUT2D eigenvalue weighted by atomic mass is 9.94. The molecule has 1 nitrogen and oxygen atoms in total. The van der Waals surface area contributed by atoms with E-state index < -0.39 is 0 Å². The highest BCUT2D eigenvalue weighted by Gasteiger charge is 2.23. The summed E-state index contributed by atoms with van der Waals surface area (Å²) in [6.45, 7) is 0. The van der Waals surface area contributed by atoms with Crippen molar-refractivity contribution < 1.29 is 0 Å². The van der Waals surface area contributed by atoms with Crippen LogP contribution < -0.4 is 0 Å². The number of hydrogen-bond donors (Lipinski definition) is 0. The van der Waals surface area contributed by atoms with E-state index in [4.69, 9.17) is 0 Å². The largest absolute Gasteiger partial charge is 0.308 e. The van der Waals surface area contributed by atoms with Crippen LogP contribution in [-0.2, 0) is 6.42 Å². The number of aromatic nitrogens is 1. The number of allylic oxidation sites excluding steroid dienone is 1. The molecular formula is C40H26BrNS. The topological polar surface area (TPSA) is 4.93 Å². The second-order valence-corrected chi connectivity index (χ2v) is 13.3. The smallest absolute Gasteiger partial charge is 0.0642 e. The van der Waals surface area contributed by atoms with Crippen molar-refractivity contribution in [3.05, 3.63) is 142 Å². The van der Waals surface area contributed by atoms with E-state index in [1.165, 1.54) is 81.0 Å². The molecule has 0 amide bonds. The lowest BCUT2D eigenvalue weighted by molar-refractivity contribution is 1.01. The van der Waals surface area contributed by atoms with Crippen molar-refractivity contribution in [1.82, 2.24) is 4.57 Å². The molecule has 0 bridgehead atoms. The van der Waals surface area contributed by atoms with Crippen LogP contribution in [-0.4, -0.2) is 4.57 Å². The monoisotopic (exact) mass is 631 g/mol. The number of halogens is 1. The van der Waals surface area contributed by atoms with E-state index in [0.717, 1.165) is 17.3 Å². The molecule has 9 rings (SSSR count). The average Bonchev–Trinajstić information content (AvgIpc) is 3.60. The molecule has 3 heteroatoms. The predicted molar refractivity (Wildman–Crippen MR) is 190 cm³/mol. The Morgan fingerprint density at radius 3 is 2.33 bits per heavy atom. The maximum atomic E-state index is 4.02. The Kier molecular flexibility index (Phi) is 5.72. The Labute approximate surface area is 262 Å². The minimum atomic E-state index is 1.08. The lowest BCUT2D eigenvalue weighted by Crippen LogP contribution is -1.98. The molecule has 0 saturated heterocycles. The van der Waals surface area contributed by atoms with Crippen LogP contribution in [0.15, 0.2) is 132 Å². The minimum Gasteiger partial charge on any atom is -0.308 e. The SMILES string of the molecule is Brc1cc2sc3c(c2c2c1c1ccccc1n2-c1cc(-c2ccccc2)cc(-c2cccc4ccccc24)c1)CCC=C3. The van der Waals surface area contributed by atoms with Gasteiger partial charge in [-0.15, -0.1) is 11.3 Å². The standard InChI is InChI=1S/C40H26BrNS/c41-34-24-37-39(33-17-7-9-20-36(33)43-37)40-38(34)32-16-6-8-19-35(32)42(40)29-22-27(25-11-2-1-3-12-25)21-28(23-29)31-18-10-14-26-13-4-5-15-30(26)31/h1-6,8-16,18-24H,7,17H2. The number of thiophene rings is 1. The van der Waals surface area contributed by atoms with Gasteiger partial charge in [0.2, 0.25) is 0 Å². The Morgan fingerprint density at radius 1 is 0.651 bits per heavy atom. The molecule has 6 aromatic carbocycles. The second-order valence-electron chi connectivity index (χ2n) is 11.4. The van der Waals surface area contributed by atoms with Gasteiger partial charge < -0.3 is 4.57 Å². The molecule has 8 aromatic rings. The number of hydrogen-bond acceptors (Lipinski definition) is 1. The first-order valence-corrected chi connectivity index (χ1v) is 16.4. The van der Waals surface area contributed by atoms with Gasteiger partial charge in [0.05, 0.1) is 11.0 Å². The van der Waals surface area contributed by atoms with E-state index in [-0.39, 0.29) is 0 Å². The van der Waals surface area contributed by atoms with Crippen molar-refractivity contribution in [1.29, 1.82) is 0 Å². The van der Waals surface area contributed by atoms with Crippen LogP contribution in [0.3, 0.4) is 0 Å². The molecule has 1 aliphatic rings. The third-order valence-corrected chi connectivity index (χ3v) is 10.7. The van der Waals surface area contributed by atoms with Gasteiger partial charge in [0.15, 0.2) is 0 Å². The van der Waals surface area contributed by atoms with Crippen LogP contribution in [0.5, 0.6) is 0 Å². The molecule has 0 saturated carbocycles. The van der Waals surface area contributed by atoms with Gasteiger partial charge in [-0.3, -0.25) is 0 Å². The van der Waals surface area contributed by atoms with E-state index in [2.05, 4.69) is 154 Å². The summed E-state index contributed by atoms with van der Waals surface area (Å²) in [6, 6.07) is 44.5. The summed E-state index contributed by atoms with van der Waals surface area (Å²) in [7, 11) is 0. The van der Waals surface area contributed by atoms with E-state index in [1.54, 1.807) is 0 Å². The van der Waals surface area contributed by atoms with Gasteiger partial charge in [0, 0.05) is 35.9 Å². The van der Waals surface area contributed by atoms with E-state index in [0.29, 0.717) is 0 Å². The lowest BCUT2D eigenvalue weighted by Gasteiger charge is -2.16. The molecule has 2 aromatic heterocycles. The molecule has 0 unspecified atom stereocenters. The third-order valence-electron chi connectivity index (χ3n) is 8.89. The molecule has 204 valence electrons. The number of para-hydroxylation sites is 1. The van der Waals surface area contributed by atoms with Crippen molar-refractivity contribution in [2.75, 3.05) is 0 Å². The van der Waals surface area contributed by atoms with E-state index >= 15 is 0 Å². The Morgan fingerprint density at radius 2 is 1.42 bits per heavy atom. The van der Waals surface area contributed by atoms with E-state index in [9.17, 15) is 0 Å². The number of aryl methyl sites for hydroxylation is 1. The summed E-state index contributed by atoms with van der Waals surface area (Å²) in [5.74, 6) is 0. The van der Waals surface area contributed by atoms with Gasteiger partial charge in [-0.05, 0) is 87.8 Å². The summed E-state index contributed by atoms with van der Waals surface area (Å²) in [6.07, 6.45) is 6.81. The van der Waals surface area contributed by atoms with Crippen molar-refractivity contribution >= 4 is 76.0 Å². The summed E-state index contributed by atoms with van der Waals surface area (Å²) >= 11 is 5.94. The van der Waals surface area contributed by atoms with Crippen LogP contribution >= 0.6 is 27.3 Å². The first-order valence-electron chi connectivity index (χ1n) is 14.8. The molecule has 43 heavy (non-hydrogen) atoms. The molecule has 0 aliphatic heterocycles. The predicted octanol–water partition coefficient (Wildman–Crippen LogP) is 12.2. The average molecular weight is 633 g/mol. The van der Waals surface area contributed by atoms with Gasteiger partial charge in [-0.25, -0.2) is 0 Å². The maximum absolute atomic E-state index is 4.02. The molecule has 0 spiro atoms. The Hall–Kier alpha value is -4.44. The zero-order chi connectivity index (χ0) is 28.5. The van der Waals surface area contributed by atoms with Gasteiger partial charge in [0.25, 0.3) is 0 Å². The van der Waals surface area contributed by atoms with Crippen molar-refractivity contribution in [2.45, 2.75) is 12.8 Å². The highest BCUT2D eigenvalue weighted by Crippen LogP contribution is 2.47. The zero-order valence-corrected chi connectivity index (χ0v) is 25.8. The molecule has 2 heterocycles. The Balaban J connectivity index is 1.44. The highest BCUT2D eigenvalue weighted by molar-refractivity contribution is 9.10. The van der Waals surface area contributed by atoms with Crippen LogP contribution in [0.4, 0.5) is 0 Å². The molecule has 0 radical (unpaired) electrons. The van der Waals surface area contributed by atoms with Crippen molar-refractivity contribution in [3.8, 4) is 27.9 Å². The van der Waals surface area contributed by atoms with Gasteiger partial charge in [-0.1, -0.05) is 113 Å². The molecule has 0 atom stereocenters. The number of rotatable bonds is 3. The second kappa shape index (κ2) is 9.80. The van der Waals surface area contributed by atoms with Gasteiger partial charge in [-0.2, -0.15) is 0 Å². The van der Waals surface area contributed by atoms with Crippen molar-refractivity contribution in [3.63, 3.8) is 0 Å². The summed E-state index contributed by atoms with van der Waals surface area (Å²) < 4.78 is 5.03. The maximum Gasteiger partial charge on any atom is 0.0642 e. The van der Waals surface area contributed by atoms with Gasteiger partial charge >= 0.3 is 0 Å². The van der Waals surface area contributed by atoms with Gasteiger partial charge in [0.1, 0.15) is 0 Å². The fourth-order valence-electron chi connectivity index (χ4n) is 7.01. The quantitative estimate of drug-likeness (QED) is 0.183. The fraction of sp³-hybridized carbons (Fsp3) is 0.0500.